The Kier molecular flexibility index (Phi) is 4.63. The van der Waals surface area contributed by atoms with Crippen LogP contribution in [-0.4, -0.2) is 11.0 Å². The van der Waals surface area contributed by atoms with Crippen LogP contribution in [0.1, 0.15) is 16.7 Å². The largest absolute Gasteiger partial charge is 0.409 e. The molecule has 0 unspecified atom stereocenters. The van der Waals surface area contributed by atoms with Gasteiger partial charge < -0.3 is 16.3 Å². The minimum Gasteiger partial charge on any atom is -0.409 e. The Morgan fingerprint density at radius 2 is 2.05 bits per heavy atom. The van der Waals surface area contributed by atoms with E-state index in [1.165, 1.54) is 5.56 Å². The number of aryl methyl sites for hydroxylation is 1. The van der Waals surface area contributed by atoms with E-state index < -0.39 is 0 Å². The zero-order chi connectivity index (χ0) is 14.5. The first-order chi connectivity index (χ1) is 9.61. The summed E-state index contributed by atoms with van der Waals surface area (Å²) in [4.78, 5) is 0. The van der Waals surface area contributed by atoms with E-state index in [-0.39, 0.29) is 5.84 Å². The third-order valence-electron chi connectivity index (χ3n) is 3.06. The van der Waals surface area contributed by atoms with Gasteiger partial charge in [-0.3, -0.25) is 0 Å². The number of nitrogens with one attached hydrogen (secondary N) is 1. The molecule has 0 aliphatic carbocycles. The van der Waals surface area contributed by atoms with E-state index in [0.29, 0.717) is 6.54 Å². The predicted molar refractivity (Wildman–Crippen MR) is 85.2 cm³/mol. The molecule has 0 bridgehead atoms. The number of anilines is 1. The van der Waals surface area contributed by atoms with E-state index in [1.54, 1.807) is 0 Å². The Morgan fingerprint density at radius 3 is 2.75 bits per heavy atom. The minimum absolute atomic E-state index is 0.118. The number of benzene rings is 2. The summed E-state index contributed by atoms with van der Waals surface area (Å²) in [6, 6.07) is 13.7. The van der Waals surface area contributed by atoms with Gasteiger partial charge in [-0.2, -0.15) is 0 Å². The number of nitrogens with zero attached hydrogens (tertiary/aromatic N) is 1. The van der Waals surface area contributed by atoms with Crippen molar-refractivity contribution in [2.75, 3.05) is 5.32 Å². The van der Waals surface area contributed by atoms with Crippen LogP contribution in [0.2, 0.25) is 0 Å². The van der Waals surface area contributed by atoms with Gasteiger partial charge in [0.2, 0.25) is 0 Å². The molecule has 4 N–H and O–H groups in total. The first-order valence-corrected chi connectivity index (χ1v) is 6.97. The molecule has 0 atom stereocenters. The van der Waals surface area contributed by atoms with E-state index in [1.807, 2.05) is 49.4 Å². The number of oxime groups is 1. The molecular weight excluding hydrogens is 318 g/mol. The number of hydrogen-bond acceptors (Lipinski definition) is 3. The lowest BCUT2D eigenvalue weighted by Crippen LogP contribution is -2.16. The lowest BCUT2D eigenvalue weighted by atomic mass is 10.1. The van der Waals surface area contributed by atoms with Crippen molar-refractivity contribution >= 4 is 27.5 Å². The highest BCUT2D eigenvalue weighted by atomic mass is 79.9. The number of nitrogens with two attached hydrogens (primary N) is 1. The van der Waals surface area contributed by atoms with Crippen molar-refractivity contribution in [2.24, 2.45) is 10.9 Å². The van der Waals surface area contributed by atoms with Gasteiger partial charge in [-0.25, -0.2) is 0 Å². The third kappa shape index (κ3) is 3.30. The highest BCUT2D eigenvalue weighted by Gasteiger charge is 2.06. The number of rotatable bonds is 4. The molecule has 5 heteroatoms. The zero-order valence-electron chi connectivity index (χ0n) is 11.1. The molecule has 2 aromatic rings. The highest BCUT2D eigenvalue weighted by molar-refractivity contribution is 9.10. The van der Waals surface area contributed by atoms with Crippen LogP contribution < -0.4 is 11.1 Å². The maximum absolute atomic E-state index is 8.80. The molecule has 0 radical (unpaired) electrons. The summed E-state index contributed by atoms with van der Waals surface area (Å²) in [7, 11) is 0. The highest BCUT2D eigenvalue weighted by Crippen LogP contribution is 2.21. The van der Waals surface area contributed by atoms with Crippen molar-refractivity contribution in [2.45, 2.75) is 13.5 Å². The molecule has 2 aromatic carbocycles. The Hall–Kier alpha value is -2.01. The lowest BCUT2D eigenvalue weighted by Gasteiger charge is -2.11. The van der Waals surface area contributed by atoms with E-state index in [2.05, 4.69) is 26.4 Å². The van der Waals surface area contributed by atoms with Crippen LogP contribution in [0, 0.1) is 6.92 Å². The molecule has 0 saturated heterocycles. The van der Waals surface area contributed by atoms with Gasteiger partial charge in [-0.15, -0.1) is 0 Å². The van der Waals surface area contributed by atoms with Gasteiger partial charge in [0, 0.05) is 22.3 Å². The van der Waals surface area contributed by atoms with Gasteiger partial charge in [0.1, 0.15) is 0 Å². The Balaban J connectivity index is 2.17. The van der Waals surface area contributed by atoms with Gasteiger partial charge in [-0.05, 0) is 30.2 Å². The van der Waals surface area contributed by atoms with Crippen molar-refractivity contribution < 1.29 is 5.21 Å². The van der Waals surface area contributed by atoms with Crippen LogP contribution in [0.4, 0.5) is 5.69 Å². The topological polar surface area (TPSA) is 70.6 Å². The fraction of sp³-hybridized carbons (Fsp3) is 0.133. The molecule has 4 nitrogen and oxygen atoms in total. The average Bonchev–Trinajstić information content (AvgIpc) is 2.48. The van der Waals surface area contributed by atoms with Crippen LogP contribution in [0.5, 0.6) is 0 Å². The summed E-state index contributed by atoms with van der Waals surface area (Å²) < 4.78 is 1.06. The molecule has 0 aliphatic rings. The van der Waals surface area contributed by atoms with Crippen molar-refractivity contribution in [3.05, 3.63) is 63.6 Å². The first kappa shape index (κ1) is 14.4. The van der Waals surface area contributed by atoms with Gasteiger partial charge in [0.05, 0.1) is 0 Å². The molecule has 0 fully saturated rings. The standard InChI is InChI=1S/C15H16BrN3O/c1-10-6-7-12(8-14(10)16)18-9-11-4-2-3-5-13(11)15(17)19-20/h2-8,18,20H,9H2,1H3,(H2,17,19). The number of hydrogen-bond donors (Lipinski definition) is 3. The molecule has 0 aliphatic heterocycles. The van der Waals surface area contributed by atoms with E-state index >= 15 is 0 Å². The molecule has 104 valence electrons. The van der Waals surface area contributed by atoms with E-state index in [9.17, 15) is 0 Å². The van der Waals surface area contributed by atoms with Crippen molar-refractivity contribution in [3.8, 4) is 0 Å². The second-order valence-electron chi connectivity index (χ2n) is 4.46. The van der Waals surface area contributed by atoms with Gasteiger partial charge in [-0.1, -0.05) is 51.4 Å². The monoisotopic (exact) mass is 333 g/mol. The molecule has 20 heavy (non-hydrogen) atoms. The van der Waals surface area contributed by atoms with Crippen LogP contribution >= 0.6 is 15.9 Å². The Bertz CT molecular complexity index is 641. The van der Waals surface area contributed by atoms with Crippen LogP contribution in [0.15, 0.2) is 52.1 Å². The Labute approximate surface area is 126 Å². The molecule has 0 saturated carbocycles. The van der Waals surface area contributed by atoms with Crippen LogP contribution in [-0.2, 0) is 6.54 Å². The van der Waals surface area contributed by atoms with Gasteiger partial charge in [0.15, 0.2) is 5.84 Å². The number of amidine groups is 1. The lowest BCUT2D eigenvalue weighted by molar-refractivity contribution is 0.318. The summed E-state index contributed by atoms with van der Waals surface area (Å²) >= 11 is 3.51. The maximum Gasteiger partial charge on any atom is 0.170 e. The molecule has 2 rings (SSSR count). The van der Waals surface area contributed by atoms with E-state index in [0.717, 1.165) is 21.3 Å². The average molecular weight is 334 g/mol. The Morgan fingerprint density at radius 1 is 1.30 bits per heavy atom. The smallest absolute Gasteiger partial charge is 0.170 e. The van der Waals surface area contributed by atoms with Crippen molar-refractivity contribution in [1.29, 1.82) is 0 Å². The SMILES string of the molecule is Cc1ccc(NCc2ccccc2C(N)=NO)cc1Br. The number of halogens is 1. The summed E-state index contributed by atoms with van der Waals surface area (Å²) in [5, 5.41) is 15.2. The maximum atomic E-state index is 8.80. The molecule has 0 heterocycles. The van der Waals surface area contributed by atoms with Crippen molar-refractivity contribution in [1.82, 2.24) is 0 Å². The molecule has 0 aromatic heterocycles. The normalized spacial score (nSPS) is 11.4. The van der Waals surface area contributed by atoms with Crippen LogP contribution in [0.25, 0.3) is 0 Å². The van der Waals surface area contributed by atoms with E-state index in [4.69, 9.17) is 10.9 Å². The fourth-order valence-corrected chi connectivity index (χ4v) is 2.26. The summed E-state index contributed by atoms with van der Waals surface area (Å²) in [6.45, 7) is 2.64. The molecular formula is C15H16BrN3O. The second-order valence-corrected chi connectivity index (χ2v) is 5.31. The summed E-state index contributed by atoms with van der Waals surface area (Å²) in [5.41, 5.74) is 9.57. The zero-order valence-corrected chi connectivity index (χ0v) is 12.7. The summed E-state index contributed by atoms with van der Waals surface area (Å²) in [6.07, 6.45) is 0. The first-order valence-electron chi connectivity index (χ1n) is 6.17. The van der Waals surface area contributed by atoms with Gasteiger partial charge in [0.25, 0.3) is 0 Å². The van der Waals surface area contributed by atoms with Crippen molar-refractivity contribution in [3.63, 3.8) is 0 Å². The third-order valence-corrected chi connectivity index (χ3v) is 3.91. The fourth-order valence-electron chi connectivity index (χ4n) is 1.88. The second kappa shape index (κ2) is 6.43. The molecule has 0 spiro atoms. The van der Waals surface area contributed by atoms with Crippen LogP contribution in [0.3, 0.4) is 0 Å². The minimum atomic E-state index is 0.118. The van der Waals surface area contributed by atoms with Gasteiger partial charge >= 0.3 is 0 Å². The predicted octanol–water partition coefficient (Wildman–Crippen LogP) is 3.46. The summed E-state index contributed by atoms with van der Waals surface area (Å²) in [5.74, 6) is 0.118. The quantitative estimate of drug-likeness (QED) is 0.347. The molecule has 0 amide bonds.